The van der Waals surface area contributed by atoms with Gasteiger partial charge in [0, 0.05) is 19.6 Å². The van der Waals surface area contributed by atoms with Crippen molar-refractivity contribution in [1.29, 1.82) is 0 Å². The van der Waals surface area contributed by atoms with Crippen LogP contribution in [0.1, 0.15) is 17.5 Å². The number of rotatable bonds is 5. The Kier molecular flexibility index (Phi) is 7.83. The summed E-state index contributed by atoms with van der Waals surface area (Å²) in [6, 6.07) is 16.0. The molecule has 3 aromatic rings. The number of nitrogens with zero attached hydrogens (tertiary/aromatic N) is 2. The van der Waals surface area contributed by atoms with Crippen LogP contribution in [-0.2, 0) is 17.9 Å². The van der Waals surface area contributed by atoms with E-state index in [1.54, 1.807) is 0 Å². The van der Waals surface area contributed by atoms with Crippen molar-refractivity contribution in [3.8, 4) is 0 Å². The van der Waals surface area contributed by atoms with E-state index in [9.17, 15) is 9.90 Å². The van der Waals surface area contributed by atoms with Gasteiger partial charge >= 0.3 is 0 Å². The molecule has 1 aliphatic rings. The zero-order chi connectivity index (χ0) is 17.9. The van der Waals surface area contributed by atoms with E-state index in [0.717, 1.165) is 28.7 Å². The minimum absolute atomic E-state index is 0. The average molecular weight is 423 g/mol. The molecular formula is C20H24Cl2N4O2. The lowest BCUT2D eigenvalue weighted by atomic mass is 10.1. The minimum atomic E-state index is -0.431. The number of nitrogens with one attached hydrogen (secondary N) is 2. The van der Waals surface area contributed by atoms with Gasteiger partial charge in [-0.15, -0.1) is 24.8 Å². The van der Waals surface area contributed by atoms with E-state index in [1.165, 1.54) is 0 Å². The Morgan fingerprint density at radius 2 is 1.96 bits per heavy atom. The molecule has 1 aliphatic heterocycles. The van der Waals surface area contributed by atoms with Crippen molar-refractivity contribution >= 4 is 41.8 Å². The number of hydrogen-bond donors (Lipinski definition) is 3. The maximum atomic E-state index is 12.2. The molecule has 0 saturated carbocycles. The molecule has 1 saturated heterocycles. The van der Waals surface area contributed by atoms with Crippen LogP contribution in [-0.4, -0.2) is 39.3 Å². The maximum Gasteiger partial charge on any atom is 0.237 e. The molecule has 2 atom stereocenters. The zero-order valence-electron chi connectivity index (χ0n) is 15.2. The summed E-state index contributed by atoms with van der Waals surface area (Å²) in [5.41, 5.74) is 4.31. The van der Waals surface area contributed by atoms with Gasteiger partial charge in [-0.25, -0.2) is 4.98 Å². The van der Waals surface area contributed by atoms with Crippen molar-refractivity contribution in [1.82, 2.24) is 20.2 Å². The van der Waals surface area contributed by atoms with Crippen LogP contribution in [0.3, 0.4) is 0 Å². The van der Waals surface area contributed by atoms with Gasteiger partial charge in [0.05, 0.1) is 29.5 Å². The number of carbonyl (C=O) groups is 1. The van der Waals surface area contributed by atoms with E-state index in [2.05, 4.69) is 38.4 Å². The van der Waals surface area contributed by atoms with Crippen LogP contribution in [0.4, 0.5) is 0 Å². The van der Waals surface area contributed by atoms with Gasteiger partial charge in [0.25, 0.3) is 0 Å². The van der Waals surface area contributed by atoms with Crippen LogP contribution in [0.15, 0.2) is 54.9 Å². The highest BCUT2D eigenvalue weighted by Crippen LogP contribution is 2.15. The molecule has 6 nitrogen and oxygen atoms in total. The Morgan fingerprint density at radius 1 is 1.18 bits per heavy atom. The second-order valence-electron chi connectivity index (χ2n) is 6.75. The van der Waals surface area contributed by atoms with E-state index in [4.69, 9.17) is 0 Å². The Labute approximate surface area is 176 Å². The third kappa shape index (κ3) is 5.02. The van der Waals surface area contributed by atoms with Gasteiger partial charge in [-0.3, -0.25) is 4.79 Å². The number of fused-ring (bicyclic) bond motifs is 1. The smallest absolute Gasteiger partial charge is 0.237 e. The summed E-state index contributed by atoms with van der Waals surface area (Å²) in [6.45, 7) is 1.69. The van der Waals surface area contributed by atoms with Crippen LogP contribution in [0.2, 0.25) is 0 Å². The number of aromatic nitrogens is 2. The van der Waals surface area contributed by atoms with Gasteiger partial charge < -0.3 is 20.3 Å². The van der Waals surface area contributed by atoms with Gasteiger partial charge in [-0.1, -0.05) is 36.4 Å². The Morgan fingerprint density at radius 3 is 2.75 bits per heavy atom. The van der Waals surface area contributed by atoms with E-state index < -0.39 is 6.10 Å². The normalized spacial score (nSPS) is 18.3. The summed E-state index contributed by atoms with van der Waals surface area (Å²) < 4.78 is 2.12. The number of carbonyl (C=O) groups excluding carboxylic acids is 1. The Bertz CT molecular complexity index is 931. The van der Waals surface area contributed by atoms with Crippen LogP contribution in [0, 0.1) is 0 Å². The molecule has 0 spiro atoms. The molecule has 2 heterocycles. The van der Waals surface area contributed by atoms with Gasteiger partial charge in [-0.05, 0) is 29.7 Å². The fraction of sp³-hybridized carbons (Fsp3) is 0.300. The molecule has 2 unspecified atom stereocenters. The summed E-state index contributed by atoms with van der Waals surface area (Å²) in [5, 5.41) is 15.5. The maximum absolute atomic E-state index is 12.2. The highest BCUT2D eigenvalue weighted by Gasteiger charge is 2.27. The van der Waals surface area contributed by atoms with E-state index >= 15 is 0 Å². The molecule has 8 heteroatoms. The first-order valence-corrected chi connectivity index (χ1v) is 8.86. The first-order valence-electron chi connectivity index (χ1n) is 8.86. The molecule has 28 heavy (non-hydrogen) atoms. The quantitative estimate of drug-likeness (QED) is 0.589. The first kappa shape index (κ1) is 22.2. The highest BCUT2D eigenvalue weighted by molar-refractivity contribution is 5.85. The van der Waals surface area contributed by atoms with Crippen LogP contribution in [0.25, 0.3) is 11.0 Å². The van der Waals surface area contributed by atoms with Crippen LogP contribution >= 0.6 is 24.8 Å². The standard InChI is InChI=1S/C20H22N4O2.2ClH/c25-16-9-18(21-11-16)20(26)22-10-14-4-3-5-15(8-14)12-24-13-23-17-6-1-2-7-19(17)24;;/h1-8,13,16,18,21,25H,9-12H2,(H,22,26);2*1H. The minimum Gasteiger partial charge on any atom is -0.392 e. The zero-order valence-corrected chi connectivity index (χ0v) is 16.9. The SMILES string of the molecule is Cl.Cl.O=C(NCc1cccc(Cn2cnc3ccccc32)c1)C1CC(O)CN1. The lowest BCUT2D eigenvalue weighted by Gasteiger charge is -2.12. The number of aliphatic hydroxyl groups excluding tert-OH is 1. The van der Waals surface area contributed by atoms with Crippen LogP contribution < -0.4 is 10.6 Å². The fourth-order valence-electron chi connectivity index (χ4n) is 3.40. The van der Waals surface area contributed by atoms with E-state index in [-0.39, 0.29) is 36.8 Å². The third-order valence-electron chi connectivity index (χ3n) is 4.76. The molecule has 3 N–H and O–H groups in total. The summed E-state index contributed by atoms with van der Waals surface area (Å²) in [6.07, 6.45) is 1.90. The molecule has 1 aromatic heterocycles. The summed E-state index contributed by atoms with van der Waals surface area (Å²) in [5.74, 6) is -0.0624. The molecule has 1 fully saturated rings. The molecule has 2 aromatic carbocycles. The average Bonchev–Trinajstić information content (AvgIpc) is 3.27. The monoisotopic (exact) mass is 422 g/mol. The summed E-state index contributed by atoms with van der Waals surface area (Å²) >= 11 is 0. The number of para-hydroxylation sites is 2. The lowest BCUT2D eigenvalue weighted by molar-refractivity contribution is -0.123. The second kappa shape index (κ2) is 9.89. The molecule has 0 bridgehead atoms. The second-order valence-corrected chi connectivity index (χ2v) is 6.75. The molecule has 4 rings (SSSR count). The molecule has 0 radical (unpaired) electrons. The van der Waals surface area contributed by atoms with Gasteiger partial charge in [0.1, 0.15) is 0 Å². The highest BCUT2D eigenvalue weighted by atomic mass is 35.5. The molecular weight excluding hydrogens is 399 g/mol. The molecule has 150 valence electrons. The predicted octanol–water partition coefficient (Wildman–Crippen LogP) is 2.27. The predicted molar refractivity (Wildman–Crippen MR) is 114 cm³/mol. The largest absolute Gasteiger partial charge is 0.392 e. The fourth-order valence-corrected chi connectivity index (χ4v) is 3.40. The number of aliphatic hydroxyl groups is 1. The van der Waals surface area contributed by atoms with Crippen molar-refractivity contribution in [3.05, 3.63) is 66.0 Å². The topological polar surface area (TPSA) is 79.2 Å². The third-order valence-corrected chi connectivity index (χ3v) is 4.76. The van der Waals surface area contributed by atoms with E-state index in [1.807, 2.05) is 36.7 Å². The number of benzene rings is 2. The number of halogens is 2. The van der Waals surface area contributed by atoms with Crippen molar-refractivity contribution in [2.75, 3.05) is 6.54 Å². The number of imidazole rings is 1. The Hall–Kier alpha value is -2.12. The van der Waals surface area contributed by atoms with Gasteiger partial charge in [0.15, 0.2) is 0 Å². The molecule has 0 aliphatic carbocycles. The van der Waals surface area contributed by atoms with Gasteiger partial charge in [-0.2, -0.15) is 0 Å². The summed E-state index contributed by atoms with van der Waals surface area (Å²) in [7, 11) is 0. The Balaban J connectivity index is 0.00000140. The number of hydrogen-bond acceptors (Lipinski definition) is 4. The van der Waals surface area contributed by atoms with Crippen molar-refractivity contribution in [2.45, 2.75) is 31.7 Å². The van der Waals surface area contributed by atoms with Crippen molar-refractivity contribution in [2.24, 2.45) is 0 Å². The van der Waals surface area contributed by atoms with Crippen molar-refractivity contribution < 1.29 is 9.90 Å². The van der Waals surface area contributed by atoms with E-state index in [0.29, 0.717) is 19.5 Å². The van der Waals surface area contributed by atoms with Crippen LogP contribution in [0.5, 0.6) is 0 Å². The number of amides is 1. The van der Waals surface area contributed by atoms with Crippen molar-refractivity contribution in [3.63, 3.8) is 0 Å². The lowest BCUT2D eigenvalue weighted by Crippen LogP contribution is -2.40. The molecule has 1 amide bonds. The number of β-amino-alcohol motifs (C(OH)–C–C–N with tert-alkyl or cyclic N) is 1. The van der Waals surface area contributed by atoms with Gasteiger partial charge in [0.2, 0.25) is 5.91 Å². The summed E-state index contributed by atoms with van der Waals surface area (Å²) in [4.78, 5) is 16.6. The first-order chi connectivity index (χ1) is 12.7.